The molecular weight excluding hydrogens is 587 g/mol. The Hall–Kier alpha value is -5.14. The molecule has 224 valence electrons. The van der Waals surface area contributed by atoms with Crippen LogP contribution in [0.5, 0.6) is 17.2 Å². The number of methoxy groups -OCH3 is 1. The Morgan fingerprint density at radius 3 is 2.50 bits per heavy atom. The summed E-state index contributed by atoms with van der Waals surface area (Å²) in [7, 11) is 1.48. The molecule has 11 nitrogen and oxygen atoms in total. The van der Waals surface area contributed by atoms with Crippen molar-refractivity contribution in [3.05, 3.63) is 79.0 Å². The Labute approximate surface area is 255 Å². The van der Waals surface area contributed by atoms with Gasteiger partial charge < -0.3 is 29.7 Å². The van der Waals surface area contributed by atoms with Crippen LogP contribution in [0.25, 0.3) is 20.7 Å². The van der Waals surface area contributed by atoms with Gasteiger partial charge in [-0.3, -0.25) is 14.6 Å². The predicted octanol–water partition coefficient (Wildman–Crippen LogP) is 5.50. The molecule has 0 unspecified atom stereocenters. The van der Waals surface area contributed by atoms with Crippen LogP contribution in [0.3, 0.4) is 0 Å². The van der Waals surface area contributed by atoms with Crippen LogP contribution in [0.2, 0.25) is 0 Å². The molecule has 5 aromatic rings. The fourth-order valence-corrected chi connectivity index (χ4v) is 5.63. The summed E-state index contributed by atoms with van der Waals surface area (Å²) in [6, 6.07) is 14.5. The Morgan fingerprint density at radius 2 is 1.73 bits per heavy atom. The van der Waals surface area contributed by atoms with E-state index in [1.807, 2.05) is 6.07 Å². The van der Waals surface area contributed by atoms with Crippen molar-refractivity contribution in [2.24, 2.45) is 0 Å². The summed E-state index contributed by atoms with van der Waals surface area (Å²) in [6.07, 6.45) is 4.68. The Balaban J connectivity index is 1.11. The number of aromatic nitrogens is 3. The second-order valence-electron chi connectivity index (χ2n) is 9.73. The van der Waals surface area contributed by atoms with Gasteiger partial charge in [-0.15, -0.1) is 11.3 Å². The molecule has 0 radical (unpaired) electrons. The third-order valence-electron chi connectivity index (χ3n) is 6.73. The summed E-state index contributed by atoms with van der Waals surface area (Å²) in [4.78, 5) is 41.3. The Bertz CT molecular complexity index is 1810. The van der Waals surface area contributed by atoms with E-state index in [2.05, 4.69) is 30.5 Å². The highest BCUT2D eigenvalue weighted by molar-refractivity contribution is 7.22. The van der Waals surface area contributed by atoms with E-state index in [-0.39, 0.29) is 11.4 Å². The van der Waals surface area contributed by atoms with E-state index in [1.54, 1.807) is 48.9 Å². The van der Waals surface area contributed by atoms with E-state index in [9.17, 15) is 9.59 Å². The highest BCUT2D eigenvalue weighted by atomic mass is 32.1. The van der Waals surface area contributed by atoms with E-state index in [0.717, 1.165) is 34.3 Å². The molecular formula is C31H27FN6O5S. The fraction of sp³-hybridized carbons (Fsp3) is 0.194. The topological polar surface area (TPSA) is 128 Å². The smallest absolute Gasteiger partial charge is 0.233 e. The fourth-order valence-electron chi connectivity index (χ4n) is 4.59. The number of carbonyl (C=O) groups excluding carboxylic acids is 2. The van der Waals surface area contributed by atoms with Gasteiger partial charge in [-0.1, -0.05) is 12.1 Å². The van der Waals surface area contributed by atoms with Crippen LogP contribution in [0.15, 0.2) is 73.2 Å². The summed E-state index contributed by atoms with van der Waals surface area (Å²) >= 11 is 1.44. The van der Waals surface area contributed by atoms with E-state index in [0.29, 0.717) is 41.9 Å². The molecule has 3 aromatic heterocycles. The molecule has 1 fully saturated rings. The first-order valence-electron chi connectivity index (χ1n) is 13.7. The number of morpholine rings is 1. The molecule has 2 aromatic carbocycles. The standard InChI is InChI=1S/C31H27FN6O5S/c1-41-25-5-3-2-4-22(25)37-29(40)16-28(39)36-20-6-7-24(21(32)14-20)43-26-8-9-33-23-15-27(44-30(23)26)19-17-34-31(35-18-19)38-10-12-42-13-11-38/h2-9,14-15,17-18H,10-13,16H2,1H3,(H,36,39)(H,37,40). The van der Waals surface area contributed by atoms with Gasteiger partial charge in [0, 0.05) is 59.9 Å². The number of halogens is 1. The van der Waals surface area contributed by atoms with Crippen LogP contribution >= 0.6 is 11.3 Å². The molecule has 13 heteroatoms. The van der Waals surface area contributed by atoms with Crippen LogP contribution in [-0.4, -0.2) is 60.2 Å². The molecule has 2 amide bonds. The van der Waals surface area contributed by atoms with Crippen LogP contribution < -0.4 is 25.0 Å². The van der Waals surface area contributed by atoms with Gasteiger partial charge in [0.05, 0.1) is 36.2 Å². The average molecular weight is 615 g/mol. The number of carbonyl (C=O) groups is 2. The van der Waals surface area contributed by atoms with Crippen molar-refractivity contribution in [3.63, 3.8) is 0 Å². The number of hydrogen-bond acceptors (Lipinski definition) is 10. The molecule has 1 aliphatic rings. The second-order valence-corrected chi connectivity index (χ2v) is 10.8. The van der Waals surface area contributed by atoms with Gasteiger partial charge >= 0.3 is 0 Å². The van der Waals surface area contributed by atoms with E-state index < -0.39 is 24.1 Å². The van der Waals surface area contributed by atoms with Crippen molar-refractivity contribution in [3.8, 4) is 27.7 Å². The monoisotopic (exact) mass is 614 g/mol. The highest BCUT2D eigenvalue weighted by Crippen LogP contribution is 2.39. The molecule has 0 saturated carbocycles. The Morgan fingerprint density at radius 1 is 0.955 bits per heavy atom. The molecule has 0 atom stereocenters. The number of nitrogens with zero attached hydrogens (tertiary/aromatic N) is 4. The van der Waals surface area contributed by atoms with Crippen molar-refractivity contribution >= 4 is 50.7 Å². The number of rotatable bonds is 9. The van der Waals surface area contributed by atoms with Gasteiger partial charge in [0.2, 0.25) is 17.8 Å². The van der Waals surface area contributed by atoms with Crippen molar-refractivity contribution in [1.29, 1.82) is 0 Å². The van der Waals surface area contributed by atoms with E-state index >= 15 is 4.39 Å². The molecule has 0 spiro atoms. The molecule has 4 heterocycles. The first kappa shape index (κ1) is 29.0. The van der Waals surface area contributed by atoms with Gasteiger partial charge in [-0.25, -0.2) is 14.4 Å². The maximum atomic E-state index is 15.1. The minimum absolute atomic E-state index is 0.0300. The number of benzene rings is 2. The molecule has 2 N–H and O–H groups in total. The van der Waals surface area contributed by atoms with E-state index in [4.69, 9.17) is 14.2 Å². The predicted molar refractivity (Wildman–Crippen MR) is 165 cm³/mol. The SMILES string of the molecule is COc1ccccc1NC(=O)CC(=O)Nc1ccc(Oc2ccnc3cc(-c4cnc(N5CCOCC5)nc4)sc23)c(F)c1. The van der Waals surface area contributed by atoms with Crippen molar-refractivity contribution in [1.82, 2.24) is 15.0 Å². The summed E-state index contributed by atoms with van der Waals surface area (Å²) in [6.45, 7) is 2.80. The number of hydrogen-bond donors (Lipinski definition) is 2. The number of fused-ring (bicyclic) bond motifs is 1. The lowest BCUT2D eigenvalue weighted by molar-refractivity contribution is -0.123. The normalized spacial score (nSPS) is 13.0. The number of para-hydroxylation sites is 2. The van der Waals surface area contributed by atoms with Gasteiger partial charge in [-0.2, -0.15) is 0 Å². The molecule has 1 aliphatic heterocycles. The summed E-state index contributed by atoms with van der Waals surface area (Å²) in [5.41, 5.74) is 2.15. The van der Waals surface area contributed by atoms with Crippen LogP contribution in [-0.2, 0) is 14.3 Å². The molecule has 1 saturated heterocycles. The Kier molecular flexibility index (Phi) is 8.57. The zero-order valence-electron chi connectivity index (χ0n) is 23.6. The van der Waals surface area contributed by atoms with Gasteiger partial charge in [0.1, 0.15) is 17.9 Å². The van der Waals surface area contributed by atoms with Gasteiger partial charge in [-0.05, 0) is 30.3 Å². The second kappa shape index (κ2) is 13.0. The number of thiophene rings is 1. The summed E-state index contributed by atoms with van der Waals surface area (Å²) in [5, 5.41) is 5.17. The minimum atomic E-state index is -0.685. The number of anilines is 3. The molecule has 0 bridgehead atoms. The highest BCUT2D eigenvalue weighted by Gasteiger charge is 2.17. The average Bonchev–Trinajstić information content (AvgIpc) is 3.48. The maximum absolute atomic E-state index is 15.1. The van der Waals surface area contributed by atoms with Crippen molar-refractivity contribution < 1.29 is 28.2 Å². The zero-order valence-corrected chi connectivity index (χ0v) is 24.4. The quantitative estimate of drug-likeness (QED) is 0.207. The lowest BCUT2D eigenvalue weighted by atomic mass is 10.2. The summed E-state index contributed by atoms with van der Waals surface area (Å²) in [5.74, 6) is -0.297. The van der Waals surface area contributed by atoms with Gasteiger partial charge in [0.15, 0.2) is 11.6 Å². The van der Waals surface area contributed by atoms with Gasteiger partial charge in [0.25, 0.3) is 0 Å². The third kappa shape index (κ3) is 6.58. The molecule has 6 rings (SSSR count). The van der Waals surface area contributed by atoms with Crippen LogP contribution in [0, 0.1) is 5.82 Å². The van der Waals surface area contributed by atoms with E-state index in [1.165, 1.54) is 30.6 Å². The summed E-state index contributed by atoms with van der Waals surface area (Å²) < 4.78 is 32.3. The molecule has 44 heavy (non-hydrogen) atoms. The zero-order chi connectivity index (χ0) is 30.5. The van der Waals surface area contributed by atoms with Crippen molar-refractivity contribution in [2.75, 3.05) is 48.9 Å². The largest absolute Gasteiger partial charge is 0.495 e. The number of pyridine rings is 1. The number of nitrogens with one attached hydrogen (secondary N) is 2. The van der Waals surface area contributed by atoms with Crippen LogP contribution in [0.4, 0.5) is 21.7 Å². The van der Waals surface area contributed by atoms with Crippen LogP contribution in [0.1, 0.15) is 6.42 Å². The third-order valence-corrected chi connectivity index (χ3v) is 7.92. The number of ether oxygens (including phenoxy) is 3. The lowest BCUT2D eigenvalue weighted by Crippen LogP contribution is -2.37. The first-order valence-corrected chi connectivity index (χ1v) is 14.5. The lowest BCUT2D eigenvalue weighted by Gasteiger charge is -2.26. The van der Waals surface area contributed by atoms with Crippen molar-refractivity contribution in [2.45, 2.75) is 6.42 Å². The maximum Gasteiger partial charge on any atom is 0.233 e. The minimum Gasteiger partial charge on any atom is -0.495 e. The molecule has 0 aliphatic carbocycles. The number of amides is 2. The first-order chi connectivity index (χ1) is 21.5.